The fourth-order valence-electron chi connectivity index (χ4n) is 7.67. The van der Waals surface area contributed by atoms with Gasteiger partial charge < -0.3 is 38.5 Å². The van der Waals surface area contributed by atoms with Gasteiger partial charge in [-0.1, -0.05) is 18.2 Å². The molecule has 58 heavy (non-hydrogen) atoms. The van der Waals surface area contributed by atoms with Crippen LogP contribution in [-0.2, 0) is 19.1 Å². The van der Waals surface area contributed by atoms with Gasteiger partial charge in [0, 0.05) is 26.2 Å². The average molecular weight is 799 g/mol. The van der Waals surface area contributed by atoms with Crippen molar-refractivity contribution in [3.05, 3.63) is 53.6 Å². The summed E-state index contributed by atoms with van der Waals surface area (Å²) in [6.07, 6.45) is 3.99. The van der Waals surface area contributed by atoms with Gasteiger partial charge in [0.2, 0.25) is 0 Å². The Labute approximate surface area is 339 Å². The molecule has 2 atom stereocenters. The number of rotatable bonds is 2. The summed E-state index contributed by atoms with van der Waals surface area (Å²) in [5.41, 5.74) is 9.22. The minimum absolute atomic E-state index is 0.127. The first-order valence-electron chi connectivity index (χ1n) is 20.0. The lowest BCUT2D eigenvalue weighted by atomic mass is 9.89. The summed E-state index contributed by atoms with van der Waals surface area (Å²) in [4.78, 5) is 56.1. The smallest absolute Gasteiger partial charge is 0.410 e. The maximum absolute atomic E-state index is 12.3. The molecule has 16 nitrogen and oxygen atoms in total. The molecule has 2 aromatic carbocycles. The summed E-state index contributed by atoms with van der Waals surface area (Å²) in [6.45, 7) is 18.1. The second kappa shape index (κ2) is 15.9. The van der Waals surface area contributed by atoms with E-state index >= 15 is 0 Å². The fourth-order valence-corrected chi connectivity index (χ4v) is 7.67. The van der Waals surface area contributed by atoms with Crippen LogP contribution >= 0.6 is 0 Å². The molecule has 4 amide bonds. The van der Waals surface area contributed by atoms with Crippen molar-refractivity contribution in [3.63, 3.8) is 0 Å². The van der Waals surface area contributed by atoms with Gasteiger partial charge >= 0.3 is 12.2 Å². The van der Waals surface area contributed by atoms with Crippen molar-refractivity contribution < 1.29 is 38.1 Å². The second-order valence-electron chi connectivity index (χ2n) is 17.2. The highest BCUT2D eigenvalue weighted by atomic mass is 16.6. The lowest BCUT2D eigenvalue weighted by molar-refractivity contribution is -0.123. The van der Waals surface area contributed by atoms with E-state index in [2.05, 4.69) is 39.3 Å². The number of nitrogens with zero attached hydrogens (tertiary/aromatic N) is 6. The molecule has 2 aromatic rings. The Morgan fingerprint density at radius 1 is 0.724 bits per heavy atom. The van der Waals surface area contributed by atoms with Crippen LogP contribution in [0.1, 0.15) is 91.7 Å². The molecule has 0 aromatic heterocycles. The molecule has 2 N–H and O–H groups in total. The number of likely N-dealkylation sites (tertiary alicyclic amines) is 1. The third-order valence-corrected chi connectivity index (χ3v) is 10.7. The normalized spacial score (nSPS) is 21.7. The molecule has 1 fully saturated rings. The van der Waals surface area contributed by atoms with Crippen LogP contribution in [-0.4, -0.2) is 108 Å². The zero-order valence-corrected chi connectivity index (χ0v) is 34.6. The minimum Gasteiger partial charge on any atom is -0.483 e. The molecule has 8 rings (SSSR count). The Hall–Kier alpha value is -5.80. The number of amides is 4. The highest BCUT2D eigenvalue weighted by Gasteiger charge is 2.37. The quantitative estimate of drug-likeness (QED) is 0.392. The SMILES string of the molecule is CC1C(=O)NN=C2COc3ccc(C4=CCN(C(=O)OC(C)(C)C)CC4)cc3N21.CC1C(=O)NN=C2COc3ccc(C4CCN(C(=O)OC(C)(C)C)CC4)cc3N21. The first-order chi connectivity index (χ1) is 27.5. The van der Waals surface area contributed by atoms with Crippen molar-refractivity contribution in [1.82, 2.24) is 20.7 Å². The first-order valence-corrected chi connectivity index (χ1v) is 20.0. The molecule has 310 valence electrons. The third kappa shape index (κ3) is 8.70. The van der Waals surface area contributed by atoms with E-state index in [0.29, 0.717) is 57.0 Å². The number of hydrazone groups is 2. The fraction of sp³-hybridized carbons (Fsp3) is 0.524. The monoisotopic (exact) mass is 798 g/mol. The van der Waals surface area contributed by atoms with E-state index in [9.17, 15) is 19.2 Å². The topological polar surface area (TPSA) is 167 Å². The molecule has 1 saturated heterocycles. The molecule has 0 aliphatic carbocycles. The summed E-state index contributed by atoms with van der Waals surface area (Å²) in [7, 11) is 0. The molecule has 0 radical (unpaired) electrons. The Morgan fingerprint density at radius 3 is 1.76 bits per heavy atom. The standard InChI is InChI=1S/C21H28N4O4.C21H26N4O4/c2*1-13-19(26)23-22-18-12-28-17-6-5-15(11-16(17)25(13)18)14-7-9-24(10-8-14)20(27)29-21(2,3)4/h5-6,11,13-14H,7-10,12H2,1-4H3,(H,23,26);5-7,11,13H,8-10,12H2,1-4H3,(H,23,26). The number of carbonyl (C=O) groups excluding carboxylic acids is 4. The molecular formula is C42H54N8O8. The zero-order chi connectivity index (χ0) is 41.5. The third-order valence-electron chi connectivity index (χ3n) is 10.7. The number of piperidine rings is 1. The van der Waals surface area contributed by atoms with Crippen LogP contribution in [0.3, 0.4) is 0 Å². The van der Waals surface area contributed by atoms with Crippen LogP contribution < -0.4 is 30.1 Å². The van der Waals surface area contributed by atoms with E-state index in [4.69, 9.17) is 18.9 Å². The summed E-state index contributed by atoms with van der Waals surface area (Å²) < 4.78 is 22.6. The molecule has 2 unspecified atom stereocenters. The zero-order valence-electron chi connectivity index (χ0n) is 34.6. The highest BCUT2D eigenvalue weighted by Crippen LogP contribution is 2.40. The molecule has 16 heteroatoms. The van der Waals surface area contributed by atoms with E-state index in [0.717, 1.165) is 53.3 Å². The molecule has 6 heterocycles. The summed E-state index contributed by atoms with van der Waals surface area (Å²) in [5, 5.41) is 8.27. The largest absolute Gasteiger partial charge is 0.483 e. The Bertz CT molecular complexity index is 2060. The van der Waals surface area contributed by atoms with Crippen molar-refractivity contribution in [3.8, 4) is 11.5 Å². The number of amidine groups is 2. The Morgan fingerprint density at radius 2 is 1.24 bits per heavy atom. The van der Waals surface area contributed by atoms with Crippen LogP contribution in [0.4, 0.5) is 21.0 Å². The van der Waals surface area contributed by atoms with Gasteiger partial charge in [-0.2, -0.15) is 10.2 Å². The van der Waals surface area contributed by atoms with Crippen molar-refractivity contribution in [1.29, 1.82) is 0 Å². The maximum Gasteiger partial charge on any atom is 0.410 e. The van der Waals surface area contributed by atoms with Crippen LogP contribution in [0.25, 0.3) is 5.57 Å². The van der Waals surface area contributed by atoms with Gasteiger partial charge in [-0.25, -0.2) is 20.4 Å². The average Bonchev–Trinajstić information content (AvgIpc) is 3.19. The lowest BCUT2D eigenvalue weighted by Crippen LogP contribution is -2.55. The summed E-state index contributed by atoms with van der Waals surface area (Å²) in [5.74, 6) is 2.98. The van der Waals surface area contributed by atoms with Gasteiger partial charge in [-0.15, -0.1) is 0 Å². The molecule has 6 aliphatic rings. The van der Waals surface area contributed by atoms with Gasteiger partial charge in [0.1, 0.15) is 48.0 Å². The number of hydrogen-bond acceptors (Lipinski definition) is 12. The van der Waals surface area contributed by atoms with Crippen LogP contribution in [0.5, 0.6) is 11.5 Å². The number of carbonyl (C=O) groups is 4. The molecule has 0 spiro atoms. The van der Waals surface area contributed by atoms with Crippen LogP contribution in [0, 0.1) is 0 Å². The summed E-state index contributed by atoms with van der Waals surface area (Å²) >= 11 is 0. The molecule has 0 saturated carbocycles. The minimum atomic E-state index is -0.504. The molecule has 6 aliphatic heterocycles. The van der Waals surface area contributed by atoms with Gasteiger partial charge in [0.05, 0.1) is 11.4 Å². The van der Waals surface area contributed by atoms with E-state index in [1.54, 1.807) is 9.80 Å². The number of hydrogen-bond donors (Lipinski definition) is 2. The first kappa shape index (κ1) is 40.4. The van der Waals surface area contributed by atoms with E-state index in [1.165, 1.54) is 5.56 Å². The molecular weight excluding hydrogens is 745 g/mol. The Kier molecular flexibility index (Phi) is 11.0. The number of ether oxygens (including phenoxy) is 4. The van der Waals surface area contributed by atoms with Gasteiger partial charge in [0.25, 0.3) is 11.8 Å². The predicted octanol–water partition coefficient (Wildman–Crippen LogP) is 5.57. The number of fused-ring (bicyclic) bond motifs is 6. The van der Waals surface area contributed by atoms with Crippen LogP contribution in [0.2, 0.25) is 0 Å². The van der Waals surface area contributed by atoms with Crippen molar-refractivity contribution in [2.45, 2.75) is 104 Å². The number of nitrogens with one attached hydrogen (secondary N) is 2. The lowest BCUT2D eigenvalue weighted by Gasteiger charge is -2.39. The van der Waals surface area contributed by atoms with E-state index in [1.807, 2.05) is 89.5 Å². The number of anilines is 2. The predicted molar refractivity (Wildman–Crippen MR) is 219 cm³/mol. The van der Waals surface area contributed by atoms with E-state index in [-0.39, 0.29) is 36.1 Å². The number of benzene rings is 2. The van der Waals surface area contributed by atoms with E-state index < -0.39 is 11.2 Å². The van der Waals surface area contributed by atoms with Crippen molar-refractivity contribution >= 4 is 52.6 Å². The molecule has 0 bridgehead atoms. The van der Waals surface area contributed by atoms with Gasteiger partial charge in [-0.3, -0.25) is 9.59 Å². The maximum atomic E-state index is 12.3. The van der Waals surface area contributed by atoms with Gasteiger partial charge in [-0.05, 0) is 122 Å². The van der Waals surface area contributed by atoms with Crippen molar-refractivity contribution in [2.75, 3.05) is 49.2 Å². The van der Waals surface area contributed by atoms with Crippen molar-refractivity contribution in [2.24, 2.45) is 10.2 Å². The second-order valence-corrected chi connectivity index (χ2v) is 17.2. The summed E-state index contributed by atoms with van der Waals surface area (Å²) in [6, 6.07) is 11.5. The van der Waals surface area contributed by atoms with Crippen LogP contribution in [0.15, 0.2) is 52.7 Å². The Balaban J connectivity index is 0.000000177. The highest BCUT2D eigenvalue weighted by molar-refractivity contribution is 6.10. The van der Waals surface area contributed by atoms with Gasteiger partial charge in [0.15, 0.2) is 11.7 Å².